The molecule has 0 aromatic heterocycles. The van der Waals surface area contributed by atoms with Crippen molar-refractivity contribution in [3.8, 4) is 17.2 Å². The fraction of sp³-hybridized carbons (Fsp3) is 0.286. The first-order valence-corrected chi connectivity index (χ1v) is 9.42. The molecule has 0 fully saturated rings. The number of anilines is 1. The molecule has 0 saturated carbocycles. The highest BCUT2D eigenvalue weighted by atomic mass is 16.7. The fourth-order valence-electron chi connectivity index (χ4n) is 3.06. The lowest BCUT2D eigenvalue weighted by Gasteiger charge is -2.25. The second-order valence-electron chi connectivity index (χ2n) is 6.83. The van der Waals surface area contributed by atoms with Crippen molar-refractivity contribution in [2.75, 3.05) is 12.1 Å². The lowest BCUT2D eigenvalue weighted by atomic mass is 10.1. The number of carbonyl (C=O) groups excluding carboxylic acids is 3. The van der Waals surface area contributed by atoms with Crippen molar-refractivity contribution < 1.29 is 33.3 Å². The van der Waals surface area contributed by atoms with E-state index < -0.39 is 30.0 Å². The van der Waals surface area contributed by atoms with Crippen LogP contribution in [0.15, 0.2) is 42.5 Å². The highest BCUT2D eigenvalue weighted by Gasteiger charge is 2.31. The summed E-state index contributed by atoms with van der Waals surface area (Å²) in [7, 11) is 0. The molecule has 30 heavy (non-hydrogen) atoms. The summed E-state index contributed by atoms with van der Waals surface area (Å²) in [5, 5.41) is 5.38. The molecule has 0 radical (unpaired) electrons. The summed E-state index contributed by atoms with van der Waals surface area (Å²) < 4.78 is 21.3. The van der Waals surface area contributed by atoms with Gasteiger partial charge in [0.1, 0.15) is 5.75 Å². The number of esters is 1. The van der Waals surface area contributed by atoms with E-state index in [1.54, 1.807) is 42.5 Å². The Hall–Kier alpha value is -3.75. The summed E-state index contributed by atoms with van der Waals surface area (Å²) in [5.41, 5.74) is 1.36. The number of carbonyl (C=O) groups is 3. The summed E-state index contributed by atoms with van der Waals surface area (Å²) in [4.78, 5) is 36.6. The Bertz CT molecular complexity index is 991. The molecular formula is C21H20N2O7. The maximum absolute atomic E-state index is 12.3. The summed E-state index contributed by atoms with van der Waals surface area (Å²) >= 11 is 0. The van der Waals surface area contributed by atoms with E-state index in [0.717, 1.165) is 5.56 Å². The molecule has 156 valence electrons. The summed E-state index contributed by atoms with van der Waals surface area (Å²) in [6.07, 6.45) is -2.35. The Kier molecular flexibility index (Phi) is 5.42. The van der Waals surface area contributed by atoms with Gasteiger partial charge in [0, 0.05) is 6.54 Å². The average Bonchev–Trinajstić information content (AvgIpc) is 3.20. The second-order valence-corrected chi connectivity index (χ2v) is 6.83. The number of hydrogen-bond acceptors (Lipinski definition) is 7. The van der Waals surface area contributed by atoms with Crippen LogP contribution in [0, 0.1) is 0 Å². The molecule has 2 amide bonds. The predicted octanol–water partition coefficient (Wildman–Crippen LogP) is 1.75. The van der Waals surface area contributed by atoms with E-state index in [4.69, 9.17) is 18.9 Å². The maximum atomic E-state index is 12.3. The van der Waals surface area contributed by atoms with Gasteiger partial charge in [0.15, 0.2) is 23.7 Å². The van der Waals surface area contributed by atoms with E-state index in [-0.39, 0.29) is 19.8 Å². The standard InChI is InChI=1S/C21H20N2O7/c1-12(20(25)22-10-13-6-7-16-17(8-13)28-11-27-16)29-19(24)9-18-21(26)23-14-4-2-3-5-15(14)30-18/h2-8,12,18H,9-11H2,1H3,(H,22,25)(H,23,26)/t12-,18-/m0/s1. The molecule has 0 unspecified atom stereocenters. The topological polar surface area (TPSA) is 112 Å². The summed E-state index contributed by atoms with van der Waals surface area (Å²) in [6.45, 7) is 1.87. The minimum Gasteiger partial charge on any atom is -0.478 e. The molecule has 9 heteroatoms. The van der Waals surface area contributed by atoms with Gasteiger partial charge in [0.05, 0.1) is 12.1 Å². The molecule has 2 aliphatic rings. The van der Waals surface area contributed by atoms with Crippen LogP contribution in [-0.2, 0) is 25.7 Å². The largest absolute Gasteiger partial charge is 0.478 e. The maximum Gasteiger partial charge on any atom is 0.310 e. The lowest BCUT2D eigenvalue weighted by molar-refractivity contribution is -0.157. The fourth-order valence-corrected chi connectivity index (χ4v) is 3.06. The van der Waals surface area contributed by atoms with Crippen molar-refractivity contribution in [1.29, 1.82) is 0 Å². The number of fused-ring (bicyclic) bond motifs is 2. The summed E-state index contributed by atoms with van der Waals surface area (Å²) in [6, 6.07) is 12.3. The normalized spacial score (nSPS) is 17.2. The van der Waals surface area contributed by atoms with Crippen molar-refractivity contribution in [3.05, 3.63) is 48.0 Å². The molecule has 0 saturated heterocycles. The average molecular weight is 412 g/mol. The number of nitrogens with one attached hydrogen (secondary N) is 2. The zero-order valence-electron chi connectivity index (χ0n) is 16.2. The van der Waals surface area contributed by atoms with Gasteiger partial charge in [-0.25, -0.2) is 0 Å². The number of hydrogen-bond donors (Lipinski definition) is 2. The van der Waals surface area contributed by atoms with Crippen molar-refractivity contribution in [1.82, 2.24) is 5.32 Å². The molecule has 0 bridgehead atoms. The smallest absolute Gasteiger partial charge is 0.310 e. The Labute approximate surface area is 172 Å². The van der Waals surface area contributed by atoms with Crippen molar-refractivity contribution in [2.45, 2.75) is 32.1 Å². The summed E-state index contributed by atoms with van der Waals surface area (Å²) in [5.74, 6) is 0.146. The number of ether oxygens (including phenoxy) is 4. The molecular weight excluding hydrogens is 392 g/mol. The van der Waals surface area contributed by atoms with Gasteiger partial charge in [-0.05, 0) is 36.8 Å². The molecule has 2 aliphatic heterocycles. The minimum atomic E-state index is -1.02. The minimum absolute atomic E-state index is 0.173. The highest BCUT2D eigenvalue weighted by molar-refractivity contribution is 5.99. The monoisotopic (exact) mass is 412 g/mol. The molecule has 0 spiro atoms. The van der Waals surface area contributed by atoms with Crippen LogP contribution in [0.25, 0.3) is 0 Å². The van der Waals surface area contributed by atoms with Gasteiger partial charge in [-0.1, -0.05) is 18.2 Å². The SMILES string of the molecule is C[C@H](OC(=O)C[C@@H]1Oc2ccccc2NC1=O)C(=O)NCc1ccc2c(c1)OCO2. The van der Waals surface area contributed by atoms with Gasteiger partial charge >= 0.3 is 5.97 Å². The van der Waals surface area contributed by atoms with Crippen molar-refractivity contribution >= 4 is 23.5 Å². The Morgan fingerprint density at radius 3 is 2.83 bits per heavy atom. The number of para-hydroxylation sites is 2. The van der Waals surface area contributed by atoms with Crippen LogP contribution in [-0.4, -0.2) is 36.8 Å². The van der Waals surface area contributed by atoms with E-state index in [1.165, 1.54) is 6.92 Å². The van der Waals surface area contributed by atoms with Gasteiger partial charge in [0.25, 0.3) is 11.8 Å². The Morgan fingerprint density at radius 2 is 1.97 bits per heavy atom. The molecule has 0 aliphatic carbocycles. The van der Waals surface area contributed by atoms with Crippen LogP contribution in [0.4, 0.5) is 5.69 Å². The number of benzene rings is 2. The van der Waals surface area contributed by atoms with Crippen LogP contribution < -0.4 is 24.8 Å². The third-order valence-corrected chi connectivity index (χ3v) is 4.64. The zero-order chi connectivity index (χ0) is 21.1. The zero-order valence-corrected chi connectivity index (χ0v) is 16.2. The van der Waals surface area contributed by atoms with Gasteiger partial charge in [-0.3, -0.25) is 14.4 Å². The van der Waals surface area contributed by atoms with E-state index in [0.29, 0.717) is 22.9 Å². The van der Waals surface area contributed by atoms with Crippen molar-refractivity contribution in [3.63, 3.8) is 0 Å². The molecule has 2 atom stereocenters. The van der Waals surface area contributed by atoms with Crippen LogP contribution in [0.1, 0.15) is 18.9 Å². The second kappa shape index (κ2) is 8.32. The Balaban J connectivity index is 1.26. The quantitative estimate of drug-likeness (QED) is 0.695. The van der Waals surface area contributed by atoms with E-state index in [9.17, 15) is 14.4 Å². The molecule has 2 N–H and O–H groups in total. The van der Waals surface area contributed by atoms with E-state index >= 15 is 0 Å². The number of rotatable bonds is 6. The first-order chi connectivity index (χ1) is 14.5. The van der Waals surface area contributed by atoms with Crippen LogP contribution >= 0.6 is 0 Å². The number of amides is 2. The highest BCUT2D eigenvalue weighted by Crippen LogP contribution is 2.32. The van der Waals surface area contributed by atoms with E-state index in [2.05, 4.69) is 10.6 Å². The van der Waals surface area contributed by atoms with Gasteiger partial charge in [0.2, 0.25) is 6.79 Å². The predicted molar refractivity (Wildman–Crippen MR) is 104 cm³/mol. The first kappa shape index (κ1) is 19.6. The van der Waals surface area contributed by atoms with Crippen LogP contribution in [0.2, 0.25) is 0 Å². The molecule has 2 aromatic carbocycles. The molecule has 2 heterocycles. The molecule has 2 aromatic rings. The third-order valence-electron chi connectivity index (χ3n) is 4.64. The van der Waals surface area contributed by atoms with Gasteiger partial charge in [-0.2, -0.15) is 0 Å². The van der Waals surface area contributed by atoms with Crippen molar-refractivity contribution in [2.24, 2.45) is 0 Å². The Morgan fingerprint density at radius 1 is 1.17 bits per heavy atom. The van der Waals surface area contributed by atoms with Gasteiger partial charge in [-0.15, -0.1) is 0 Å². The molecule has 9 nitrogen and oxygen atoms in total. The van der Waals surface area contributed by atoms with Crippen LogP contribution in [0.3, 0.4) is 0 Å². The van der Waals surface area contributed by atoms with Gasteiger partial charge < -0.3 is 29.6 Å². The van der Waals surface area contributed by atoms with E-state index in [1.807, 2.05) is 0 Å². The first-order valence-electron chi connectivity index (χ1n) is 9.42. The lowest BCUT2D eigenvalue weighted by Crippen LogP contribution is -2.40. The van der Waals surface area contributed by atoms with Crippen LogP contribution in [0.5, 0.6) is 17.2 Å². The third kappa shape index (κ3) is 4.29. The molecule has 4 rings (SSSR count).